The highest BCUT2D eigenvalue weighted by molar-refractivity contribution is 7.24. The van der Waals surface area contributed by atoms with Gasteiger partial charge in [0.1, 0.15) is 4.83 Å². The number of aromatic nitrogens is 2. The fourth-order valence-electron chi connectivity index (χ4n) is 3.76. The molecule has 112 valence electrons. The average Bonchev–Trinajstić information content (AvgIpc) is 2.98. The fraction of sp³-hybridized carbons (Fsp3) is 0. The molecule has 6 rings (SSSR count). The summed E-state index contributed by atoms with van der Waals surface area (Å²) in [5, 5.41) is 7.64. The number of hydrogen-bond donors (Lipinski definition) is 1. The fourth-order valence-corrected chi connectivity index (χ4v) is 4.89. The van der Waals surface area contributed by atoms with Crippen LogP contribution in [0.1, 0.15) is 0 Å². The van der Waals surface area contributed by atoms with Crippen molar-refractivity contribution in [3.63, 3.8) is 0 Å². The lowest BCUT2D eigenvalue weighted by molar-refractivity contribution is 1.46. The van der Waals surface area contributed by atoms with Gasteiger partial charge in [-0.3, -0.25) is 0 Å². The largest absolute Gasteiger partial charge is 0.353 e. The van der Waals surface area contributed by atoms with Crippen LogP contribution < -0.4 is 0 Å². The predicted molar refractivity (Wildman–Crippen MR) is 104 cm³/mol. The minimum atomic E-state index is 1.07. The molecular formula is C21H12N2S. The van der Waals surface area contributed by atoms with Crippen LogP contribution in [0.5, 0.6) is 0 Å². The Morgan fingerprint density at radius 3 is 2.67 bits per heavy atom. The molecule has 0 aliphatic heterocycles. The molecule has 2 nitrogen and oxygen atoms in total. The van der Waals surface area contributed by atoms with E-state index in [1.54, 1.807) is 0 Å². The van der Waals surface area contributed by atoms with Gasteiger partial charge in [-0.2, -0.15) is 0 Å². The predicted octanol–water partition coefficient (Wildman–Crippen LogP) is 6.24. The van der Waals surface area contributed by atoms with E-state index in [0.29, 0.717) is 0 Å². The van der Waals surface area contributed by atoms with E-state index in [2.05, 4.69) is 65.6 Å². The van der Waals surface area contributed by atoms with Crippen LogP contribution in [0.15, 0.2) is 66.9 Å². The van der Waals surface area contributed by atoms with Crippen molar-refractivity contribution >= 4 is 64.2 Å². The highest BCUT2D eigenvalue weighted by Gasteiger charge is 2.11. The van der Waals surface area contributed by atoms with Gasteiger partial charge in [0, 0.05) is 32.4 Å². The van der Waals surface area contributed by atoms with Crippen molar-refractivity contribution in [1.82, 2.24) is 9.97 Å². The van der Waals surface area contributed by atoms with Crippen molar-refractivity contribution in [2.45, 2.75) is 0 Å². The number of H-pyrrole nitrogens is 1. The summed E-state index contributed by atoms with van der Waals surface area (Å²) in [7, 11) is 0. The van der Waals surface area contributed by atoms with E-state index in [9.17, 15) is 0 Å². The maximum Gasteiger partial charge on any atom is 0.101 e. The number of hydrogen-bond acceptors (Lipinski definition) is 2. The van der Waals surface area contributed by atoms with Crippen molar-refractivity contribution < 1.29 is 0 Å². The molecule has 3 heterocycles. The minimum absolute atomic E-state index is 1.07. The van der Waals surface area contributed by atoms with E-state index in [1.807, 2.05) is 17.5 Å². The second-order valence-electron chi connectivity index (χ2n) is 6.17. The standard InChI is InChI=1S/C21H12N2S/c1-2-7-17-13(5-1)15-11-19-16(10-18(15)23-17)14-6-3-4-12-8-9-22-21(24-19)20(12)14/h1-11,22H. The Morgan fingerprint density at radius 1 is 0.750 bits per heavy atom. The van der Waals surface area contributed by atoms with Gasteiger partial charge >= 0.3 is 0 Å². The monoisotopic (exact) mass is 324 g/mol. The van der Waals surface area contributed by atoms with Crippen molar-refractivity contribution in [3.8, 4) is 0 Å². The first-order valence-corrected chi connectivity index (χ1v) is 8.81. The summed E-state index contributed by atoms with van der Waals surface area (Å²) in [5.41, 5.74) is 2.15. The number of benzene rings is 3. The summed E-state index contributed by atoms with van der Waals surface area (Å²) in [6, 6.07) is 21.6. The Bertz CT molecular complexity index is 1400. The van der Waals surface area contributed by atoms with E-state index >= 15 is 0 Å². The van der Waals surface area contributed by atoms with Gasteiger partial charge in [-0.15, -0.1) is 11.3 Å². The first kappa shape index (κ1) is 12.5. The van der Waals surface area contributed by atoms with Crippen LogP contribution in [-0.4, -0.2) is 9.97 Å². The Labute approximate surface area is 141 Å². The lowest BCUT2D eigenvalue weighted by Crippen LogP contribution is -1.83. The van der Waals surface area contributed by atoms with E-state index in [0.717, 1.165) is 11.0 Å². The zero-order valence-corrected chi connectivity index (χ0v) is 13.5. The van der Waals surface area contributed by atoms with Gasteiger partial charge in [0.15, 0.2) is 0 Å². The van der Waals surface area contributed by atoms with Crippen LogP contribution in [0.3, 0.4) is 0 Å². The van der Waals surface area contributed by atoms with Crippen LogP contribution in [0, 0.1) is 0 Å². The van der Waals surface area contributed by atoms with Gasteiger partial charge in [0.2, 0.25) is 0 Å². The van der Waals surface area contributed by atoms with E-state index in [1.165, 1.54) is 41.8 Å². The maximum atomic E-state index is 4.83. The lowest BCUT2D eigenvalue weighted by Gasteiger charge is -2.08. The molecule has 0 atom stereocenters. The topological polar surface area (TPSA) is 28.7 Å². The second kappa shape index (κ2) is 4.34. The highest BCUT2D eigenvalue weighted by Crippen LogP contribution is 2.39. The number of nitrogens with zero attached hydrogens (tertiary/aromatic N) is 1. The lowest BCUT2D eigenvalue weighted by atomic mass is 10.0. The summed E-state index contributed by atoms with van der Waals surface area (Å²) in [4.78, 5) is 9.47. The smallest absolute Gasteiger partial charge is 0.101 e. The molecule has 0 spiro atoms. The summed E-state index contributed by atoms with van der Waals surface area (Å²) < 4.78 is 1.29. The minimum Gasteiger partial charge on any atom is -0.353 e. The SMILES string of the molecule is c1ccc2c(c1)nc1cc3c(cc12)sc1[nH]ccc2cccc3c21. The molecule has 6 aromatic rings. The first-order chi connectivity index (χ1) is 11.9. The molecule has 1 N–H and O–H groups in total. The number of nitrogens with one attached hydrogen (secondary N) is 1. The Morgan fingerprint density at radius 2 is 1.67 bits per heavy atom. The highest BCUT2D eigenvalue weighted by atomic mass is 32.1. The van der Waals surface area contributed by atoms with Crippen LogP contribution in [-0.2, 0) is 0 Å². The van der Waals surface area contributed by atoms with Crippen molar-refractivity contribution in [2.24, 2.45) is 0 Å². The average molecular weight is 324 g/mol. The zero-order chi connectivity index (χ0) is 15.7. The van der Waals surface area contributed by atoms with E-state index in [4.69, 9.17) is 4.98 Å². The molecule has 0 saturated heterocycles. The molecule has 0 radical (unpaired) electrons. The van der Waals surface area contributed by atoms with Gasteiger partial charge in [-0.05, 0) is 35.0 Å². The molecule has 0 amide bonds. The quantitative estimate of drug-likeness (QED) is 0.260. The molecule has 0 unspecified atom stereocenters. The molecule has 0 aliphatic carbocycles. The Hall–Kier alpha value is -2.91. The molecule has 0 bridgehead atoms. The summed E-state index contributed by atoms with van der Waals surface area (Å²) in [6.45, 7) is 0. The van der Waals surface area contributed by atoms with Crippen LogP contribution in [0.25, 0.3) is 52.9 Å². The van der Waals surface area contributed by atoms with Gasteiger partial charge < -0.3 is 4.98 Å². The normalized spacial score (nSPS) is 12.2. The molecule has 0 aliphatic rings. The first-order valence-electron chi connectivity index (χ1n) is 7.99. The number of para-hydroxylation sites is 1. The van der Waals surface area contributed by atoms with Crippen LogP contribution in [0.2, 0.25) is 0 Å². The third-order valence-corrected chi connectivity index (χ3v) is 5.92. The summed E-state index contributed by atoms with van der Waals surface area (Å²) in [5.74, 6) is 0. The number of aromatic amines is 1. The summed E-state index contributed by atoms with van der Waals surface area (Å²) >= 11 is 1.82. The molecule has 0 saturated carbocycles. The molecule has 24 heavy (non-hydrogen) atoms. The zero-order valence-electron chi connectivity index (χ0n) is 12.7. The molecule has 0 fully saturated rings. The van der Waals surface area contributed by atoms with Crippen molar-refractivity contribution in [1.29, 1.82) is 0 Å². The second-order valence-corrected chi connectivity index (χ2v) is 7.23. The van der Waals surface area contributed by atoms with Crippen LogP contribution >= 0.6 is 11.3 Å². The maximum absolute atomic E-state index is 4.83. The summed E-state index contributed by atoms with van der Waals surface area (Å²) in [6.07, 6.45) is 2.03. The number of rotatable bonds is 0. The van der Waals surface area contributed by atoms with Crippen LogP contribution in [0.4, 0.5) is 0 Å². The van der Waals surface area contributed by atoms with Crippen molar-refractivity contribution in [3.05, 3.63) is 66.9 Å². The molecule has 3 aromatic heterocycles. The van der Waals surface area contributed by atoms with E-state index in [-0.39, 0.29) is 0 Å². The number of fused-ring (bicyclic) bond motifs is 5. The van der Waals surface area contributed by atoms with E-state index < -0.39 is 0 Å². The third kappa shape index (κ3) is 1.52. The van der Waals surface area contributed by atoms with Crippen molar-refractivity contribution in [2.75, 3.05) is 0 Å². The number of pyridine rings is 1. The van der Waals surface area contributed by atoms with Gasteiger partial charge in [0.05, 0.1) is 11.0 Å². The van der Waals surface area contributed by atoms with Gasteiger partial charge in [0.25, 0.3) is 0 Å². The molecule has 3 aromatic carbocycles. The third-order valence-electron chi connectivity index (χ3n) is 4.84. The van der Waals surface area contributed by atoms with Gasteiger partial charge in [-0.1, -0.05) is 36.4 Å². The Balaban J connectivity index is 1.91. The van der Waals surface area contributed by atoms with Gasteiger partial charge in [-0.25, -0.2) is 4.98 Å². The molecule has 3 heteroatoms. The molecular weight excluding hydrogens is 312 g/mol. The Kier molecular flexibility index (Phi) is 2.26.